The number of hydrogen-bond acceptors (Lipinski definition) is 0. The molecule has 0 saturated heterocycles. The highest BCUT2D eigenvalue weighted by Gasteiger charge is 2.37. The molecule has 0 fully saturated rings. The highest BCUT2D eigenvalue weighted by atomic mass is 13.2. The van der Waals surface area contributed by atoms with Gasteiger partial charge in [0.05, 0.1) is 0 Å². The van der Waals surface area contributed by atoms with Gasteiger partial charge in [0.25, 0.3) is 0 Å². The molecule has 0 heterocycles. The number of hydrogen-bond donors (Lipinski definition) is 0. The smallest absolute Gasteiger partial charge is 0.0000000603 e. The minimum Gasteiger partial charge on any atom is -0.267 e. The van der Waals surface area contributed by atoms with Gasteiger partial charge in [0, 0.05) is 0 Å². The van der Waals surface area contributed by atoms with E-state index in [1.54, 1.807) is 0 Å². The van der Waals surface area contributed by atoms with Crippen LogP contribution in [0.5, 0.6) is 0 Å². The molecule has 0 nitrogen and oxygen atoms in total. The fraction of sp³-hybridized carbons (Fsp3) is 0. The molecule has 19 heavy (non-hydrogen) atoms. The Morgan fingerprint density at radius 2 is 1.00 bits per heavy atom. The molecule has 0 aromatic rings. The van der Waals surface area contributed by atoms with Crippen molar-refractivity contribution in [3.05, 3.63) is 0 Å². The monoisotopic (exact) mass is 224 g/mol. The van der Waals surface area contributed by atoms with Gasteiger partial charge in [0.2, 0.25) is 0 Å². The quantitative estimate of drug-likeness (QED) is 0.357. The third kappa shape index (κ3) is 5.86. The highest BCUT2D eigenvalue weighted by Crippen LogP contribution is 2.04. The van der Waals surface area contributed by atoms with E-state index in [4.69, 9.17) is 38.7 Å². The van der Waals surface area contributed by atoms with E-state index in [0.29, 0.717) is 37.3 Å². The van der Waals surface area contributed by atoms with Gasteiger partial charge in [-0.25, -0.2) is 0 Å². The molecule has 0 aliphatic heterocycles. The average Bonchev–Trinajstić information content (AvgIpc) is 2.24. The van der Waals surface area contributed by atoms with Gasteiger partial charge in [-0.2, -0.15) is 7.06 Å². The van der Waals surface area contributed by atoms with Crippen LogP contribution < -0.4 is 0 Å². The summed E-state index contributed by atoms with van der Waals surface area (Å²) < 4.78 is 0. The van der Waals surface area contributed by atoms with E-state index >= 15 is 0 Å². The van der Waals surface area contributed by atoms with Gasteiger partial charge in [-0.3, -0.25) is 12.8 Å². The summed E-state index contributed by atoms with van der Waals surface area (Å²) in [6.07, 6.45) is 2.83. The summed E-state index contributed by atoms with van der Waals surface area (Å²) in [7, 11) is 34.8. The van der Waals surface area contributed by atoms with E-state index in [-0.39, 0.29) is 20.5 Å². The summed E-state index contributed by atoms with van der Waals surface area (Å²) >= 11 is 0. The van der Waals surface area contributed by atoms with Crippen LogP contribution in [0, 0.1) is 0 Å². The Hall–Kier alpha value is 1.23. The van der Waals surface area contributed by atoms with Crippen LogP contribution in [0.25, 0.3) is 0 Å². The van der Waals surface area contributed by atoms with E-state index in [2.05, 4.69) is 7.06 Å². The van der Waals surface area contributed by atoms with E-state index in [9.17, 15) is 0 Å². The Bertz CT molecular complexity index is 188. The molecule has 0 saturated carbocycles. The zero-order valence-electron chi connectivity index (χ0n) is 8.08. The molecular formula is H15B19-5. The van der Waals surface area contributed by atoms with Crippen LogP contribution in [0.4, 0.5) is 0 Å². The lowest BCUT2D eigenvalue weighted by Gasteiger charge is -2.49. The third-order valence-corrected chi connectivity index (χ3v) is 2.22. The van der Waals surface area contributed by atoms with Crippen molar-refractivity contribution in [1.29, 1.82) is 0 Å². The van der Waals surface area contributed by atoms with Crippen molar-refractivity contribution in [2.24, 2.45) is 0 Å². The standard InChI is InChI=1S/B19H15/c1-11-16(10)19(17(12(2)3)13(4)5)18(14(6)7)15(8)9/h1-5H3/q-5. The molecule has 0 atom stereocenters. The zero-order chi connectivity index (χ0) is 15.3. The Balaban J connectivity index is 5.50. The fourth-order valence-corrected chi connectivity index (χ4v) is 1.54. The van der Waals surface area contributed by atoms with Crippen LogP contribution in [0.1, 0.15) is 0 Å². The van der Waals surface area contributed by atoms with Crippen LogP contribution in [-0.4, -0.2) is 136 Å². The highest BCUT2D eigenvalue weighted by molar-refractivity contribution is 8.18. The molecule has 0 aromatic heterocycles. The first-order valence-corrected chi connectivity index (χ1v) is 4.33. The largest absolute Gasteiger partial charge is 0.267 e. The lowest BCUT2D eigenvalue weighted by Crippen LogP contribution is -2.79. The minimum atomic E-state index is -0.420. The molecule has 19 heteroatoms. The first-order chi connectivity index (χ1) is 8.64. The van der Waals surface area contributed by atoms with Gasteiger partial charge in [0.1, 0.15) is 0 Å². The van der Waals surface area contributed by atoms with Gasteiger partial charge < -0.3 is 0 Å². The van der Waals surface area contributed by atoms with Gasteiger partial charge in [-0.05, 0) is 70.6 Å². The Kier molecular flexibility index (Phi) is 9.90. The van der Waals surface area contributed by atoms with Crippen LogP contribution in [0.15, 0.2) is 0 Å². The van der Waals surface area contributed by atoms with Crippen molar-refractivity contribution in [2.75, 3.05) is 0 Å². The lowest BCUT2D eigenvalue weighted by molar-refractivity contribution is 3.34. The first-order valence-electron chi connectivity index (χ1n) is 4.33. The molecule has 0 aromatic carbocycles. The molecule has 11 radical (unpaired) electrons. The van der Waals surface area contributed by atoms with Crippen LogP contribution in [0.2, 0.25) is 0 Å². The van der Waals surface area contributed by atoms with Crippen molar-refractivity contribution in [3.8, 4) is 0 Å². The molecule has 0 N–H and O–H groups in total. The molecule has 0 aliphatic rings. The summed E-state index contributed by atoms with van der Waals surface area (Å²) in [5, 5.41) is 0. The van der Waals surface area contributed by atoms with Crippen molar-refractivity contribution < 1.29 is 0 Å². The maximum absolute atomic E-state index is 6.47. The zero-order valence-corrected chi connectivity index (χ0v) is 8.08. The van der Waals surface area contributed by atoms with Gasteiger partial charge in [-0.15, -0.1) is 37.3 Å². The first kappa shape index (κ1) is 20.2. The van der Waals surface area contributed by atoms with Crippen molar-refractivity contribution in [3.63, 3.8) is 0 Å². The van der Waals surface area contributed by atoms with Gasteiger partial charge in [0.15, 0.2) is 0 Å². The molecule has 0 amide bonds. The Morgan fingerprint density at radius 3 is 1.21 bits per heavy atom. The molecule has 77 valence electrons. The van der Waals surface area contributed by atoms with Crippen molar-refractivity contribution >= 4 is 136 Å². The summed E-state index contributed by atoms with van der Waals surface area (Å²) in [6.45, 7) is 0. The topological polar surface area (TPSA) is 0 Å². The predicted octanol–water partition coefficient (Wildman–Crippen LogP) is -11.3. The lowest BCUT2D eigenvalue weighted by atomic mass is 8.40. The van der Waals surface area contributed by atoms with Crippen molar-refractivity contribution in [1.82, 2.24) is 0 Å². The average molecular weight is 221 g/mol. The van der Waals surface area contributed by atoms with Gasteiger partial charge >= 0.3 is 0 Å². The third-order valence-electron chi connectivity index (χ3n) is 2.22. The Labute approximate surface area is 135 Å². The molecule has 0 rings (SSSR count). The van der Waals surface area contributed by atoms with E-state index in [1.165, 1.54) is 0 Å². The Morgan fingerprint density at radius 1 is 0.632 bits per heavy atom. The van der Waals surface area contributed by atoms with E-state index in [1.807, 2.05) is 0 Å². The molecule has 0 spiro atoms. The predicted molar refractivity (Wildman–Crippen MR) is 130 cm³/mol. The molecule has 0 bridgehead atoms. The SMILES string of the molecule is [B]B([B])B(B([B])[B])B(B([B])[B][BH3-])B(B([BH3-])[BH3-])B([BH3-])[BH3-]. The second-order valence-electron chi connectivity index (χ2n) is 3.46. The second-order valence-corrected chi connectivity index (χ2v) is 3.46. The number of rotatable bonds is 8. The maximum Gasteiger partial charge on any atom is -0.0000000603 e. The van der Waals surface area contributed by atoms with E-state index in [0.717, 1.165) is 19.2 Å². The molecular weight excluding hydrogens is 205 g/mol. The van der Waals surface area contributed by atoms with E-state index < -0.39 is 12.8 Å². The van der Waals surface area contributed by atoms with Crippen molar-refractivity contribution in [2.45, 2.75) is 0 Å². The van der Waals surface area contributed by atoms with Crippen LogP contribution >= 0.6 is 0 Å². The minimum absolute atomic E-state index is 0.00648. The fourth-order valence-electron chi connectivity index (χ4n) is 1.54. The van der Waals surface area contributed by atoms with Gasteiger partial charge in [-0.1, -0.05) is 7.74 Å². The van der Waals surface area contributed by atoms with Crippen LogP contribution in [0.3, 0.4) is 0 Å². The summed E-state index contributed by atoms with van der Waals surface area (Å²) in [6, 6.07) is 0. The molecule has 0 aliphatic carbocycles. The second kappa shape index (κ2) is 9.29. The summed E-state index contributed by atoms with van der Waals surface area (Å²) in [5.74, 6) is 0. The summed E-state index contributed by atoms with van der Waals surface area (Å²) in [5.41, 5.74) is 0. The normalized spacial score (nSPS) is 9.32. The summed E-state index contributed by atoms with van der Waals surface area (Å²) in [4.78, 5) is 0. The van der Waals surface area contributed by atoms with Crippen LogP contribution in [-0.2, 0) is 0 Å². The maximum atomic E-state index is 6.47. The molecule has 0 unspecified atom stereocenters.